The van der Waals surface area contributed by atoms with E-state index in [2.05, 4.69) is 4.98 Å². The van der Waals surface area contributed by atoms with Crippen LogP contribution in [0.1, 0.15) is 45.4 Å². The Morgan fingerprint density at radius 2 is 2.00 bits per heavy atom. The summed E-state index contributed by atoms with van der Waals surface area (Å²) < 4.78 is 23.9. The lowest BCUT2D eigenvalue weighted by atomic mass is 9.93. The number of aryl methyl sites for hydroxylation is 1. The maximum atomic E-state index is 12.1. The van der Waals surface area contributed by atoms with Crippen LogP contribution in [-0.4, -0.2) is 59.5 Å². The van der Waals surface area contributed by atoms with Gasteiger partial charge in [-0.05, 0) is 27.2 Å². The average molecular weight is 422 g/mol. The third-order valence-corrected chi connectivity index (χ3v) is 6.61. The predicted molar refractivity (Wildman–Crippen MR) is 97.9 cm³/mol. The van der Waals surface area contributed by atoms with Crippen LogP contribution in [0.5, 0.6) is 0 Å². The maximum Gasteiger partial charge on any atom is 0.356 e. The number of nitrogens with one attached hydrogen (secondary N) is 1. The minimum absolute atomic E-state index is 0.0907. The second-order valence-electron chi connectivity index (χ2n) is 7.32. The molecule has 1 fully saturated rings. The van der Waals surface area contributed by atoms with Gasteiger partial charge in [-0.3, -0.25) is 18.9 Å². The van der Waals surface area contributed by atoms with E-state index in [1.807, 2.05) is 0 Å². The number of aliphatic hydroxyl groups is 3. The summed E-state index contributed by atoms with van der Waals surface area (Å²) in [5, 5.41) is 30.2. The maximum absolute atomic E-state index is 12.1. The Morgan fingerprint density at radius 1 is 1.39 bits per heavy atom. The average Bonchev–Trinajstić information content (AvgIpc) is 2.85. The summed E-state index contributed by atoms with van der Waals surface area (Å²) in [6, 6.07) is 0. The van der Waals surface area contributed by atoms with Crippen LogP contribution >= 0.6 is 7.60 Å². The lowest BCUT2D eigenvalue weighted by molar-refractivity contribution is -0.0693. The summed E-state index contributed by atoms with van der Waals surface area (Å²) in [7, 11) is -4.33. The van der Waals surface area contributed by atoms with Crippen LogP contribution in [0.4, 0.5) is 0 Å². The van der Waals surface area contributed by atoms with E-state index in [-0.39, 0.29) is 18.4 Å². The smallest absolute Gasteiger partial charge is 0.356 e. The number of aliphatic hydroxyl groups excluding tert-OH is 3. The number of hydrogen-bond donors (Lipinski definition) is 5. The lowest BCUT2D eigenvalue weighted by Gasteiger charge is -2.34. The van der Waals surface area contributed by atoms with E-state index < -0.39 is 54.8 Å². The van der Waals surface area contributed by atoms with Crippen LogP contribution in [0.3, 0.4) is 0 Å². The molecule has 11 nitrogen and oxygen atoms in total. The van der Waals surface area contributed by atoms with E-state index in [9.17, 15) is 34.4 Å². The zero-order valence-corrected chi connectivity index (χ0v) is 17.0. The van der Waals surface area contributed by atoms with Crippen LogP contribution in [-0.2, 0) is 13.8 Å². The Bertz CT molecular complexity index is 866. The van der Waals surface area contributed by atoms with Gasteiger partial charge >= 0.3 is 13.3 Å². The first-order valence-corrected chi connectivity index (χ1v) is 10.5. The van der Waals surface area contributed by atoms with E-state index in [0.717, 1.165) is 11.5 Å². The molecule has 0 spiro atoms. The van der Waals surface area contributed by atoms with Gasteiger partial charge in [-0.1, -0.05) is 6.92 Å². The van der Waals surface area contributed by atoms with Crippen molar-refractivity contribution in [2.75, 3.05) is 0 Å². The fourth-order valence-electron chi connectivity index (χ4n) is 2.97. The first-order valence-electron chi connectivity index (χ1n) is 8.86. The molecule has 0 aliphatic carbocycles. The molecule has 2 rings (SSSR count). The van der Waals surface area contributed by atoms with Gasteiger partial charge in [0.1, 0.15) is 12.2 Å². The number of nitrogens with zero attached hydrogens (tertiary/aromatic N) is 1. The van der Waals surface area contributed by atoms with Crippen molar-refractivity contribution in [3.8, 4) is 0 Å². The summed E-state index contributed by atoms with van der Waals surface area (Å²) in [5.41, 5.74) is -2.42. The topological polar surface area (TPSA) is 171 Å². The van der Waals surface area contributed by atoms with Crippen molar-refractivity contribution in [3.05, 3.63) is 32.6 Å². The van der Waals surface area contributed by atoms with Crippen molar-refractivity contribution >= 4 is 7.60 Å². The molecule has 12 heteroatoms. The third kappa shape index (κ3) is 4.62. The molecule has 0 saturated carbocycles. The van der Waals surface area contributed by atoms with Crippen molar-refractivity contribution in [2.45, 2.75) is 76.5 Å². The molecule has 28 heavy (non-hydrogen) atoms. The molecule has 1 aromatic heterocycles. The van der Waals surface area contributed by atoms with Gasteiger partial charge in [0, 0.05) is 18.2 Å². The van der Waals surface area contributed by atoms with E-state index in [1.165, 1.54) is 20.0 Å². The highest BCUT2D eigenvalue weighted by atomic mass is 31.2. The van der Waals surface area contributed by atoms with E-state index >= 15 is 0 Å². The highest BCUT2D eigenvalue weighted by Crippen LogP contribution is 2.52. The summed E-state index contributed by atoms with van der Waals surface area (Å²) in [5.74, 6) is -1.60. The number of H-pyrrole nitrogens is 1. The second kappa shape index (κ2) is 8.19. The number of hydrogen-bond acceptors (Lipinski definition) is 8. The molecule has 4 unspecified atom stereocenters. The predicted octanol–water partition coefficient (Wildman–Crippen LogP) is -0.437. The highest BCUT2D eigenvalue weighted by molar-refractivity contribution is 7.53. The van der Waals surface area contributed by atoms with E-state index in [0.29, 0.717) is 0 Å². The molecule has 7 atom stereocenters. The number of aromatic nitrogens is 2. The minimum atomic E-state index is -4.33. The molecule has 0 aromatic carbocycles. The molecule has 0 amide bonds. The molecular formula is C16H27N2O9P. The quantitative estimate of drug-likeness (QED) is 0.365. The summed E-state index contributed by atoms with van der Waals surface area (Å²) in [4.78, 5) is 35.5. The van der Waals surface area contributed by atoms with Crippen LogP contribution in [0, 0.1) is 6.92 Å². The Balaban J connectivity index is 2.26. The van der Waals surface area contributed by atoms with Gasteiger partial charge in [-0.15, -0.1) is 0 Å². The van der Waals surface area contributed by atoms with Crippen LogP contribution < -0.4 is 11.2 Å². The largest absolute Gasteiger partial charge is 0.388 e. The summed E-state index contributed by atoms with van der Waals surface area (Å²) in [6.07, 6.45) is -3.81. The molecule has 2 heterocycles. The Labute approximate surface area is 161 Å². The number of ether oxygens (including phenoxy) is 1. The molecule has 5 N–H and O–H groups in total. The zero-order chi connectivity index (χ0) is 21.4. The van der Waals surface area contributed by atoms with E-state index in [1.54, 1.807) is 6.92 Å². The fourth-order valence-corrected chi connectivity index (χ4v) is 3.95. The van der Waals surface area contributed by atoms with Gasteiger partial charge in [0.15, 0.2) is 12.1 Å². The first kappa shape index (κ1) is 23.0. The fraction of sp³-hybridized carbons (Fsp3) is 0.750. The number of aromatic amines is 1. The molecule has 1 aromatic rings. The van der Waals surface area contributed by atoms with Gasteiger partial charge in [-0.2, -0.15) is 0 Å². The monoisotopic (exact) mass is 422 g/mol. The Hall–Kier alpha value is -1.33. The van der Waals surface area contributed by atoms with Crippen molar-refractivity contribution < 1.29 is 34.0 Å². The van der Waals surface area contributed by atoms with Gasteiger partial charge in [0.25, 0.3) is 5.56 Å². The molecule has 1 aliphatic heterocycles. The van der Waals surface area contributed by atoms with E-state index in [4.69, 9.17) is 9.26 Å². The molecule has 160 valence electrons. The van der Waals surface area contributed by atoms with Crippen LogP contribution in [0.2, 0.25) is 0 Å². The first-order chi connectivity index (χ1) is 12.8. The van der Waals surface area contributed by atoms with Crippen LogP contribution in [0.25, 0.3) is 0 Å². The molecule has 0 bridgehead atoms. The standard InChI is InChI=1S/C16H27N2O9P/c1-5-16(4,27-28(24,25)9(3)19)6-10-11(20)12(21)14(26-10)18-7-8(2)13(22)17-15(18)23/h7,9-12,14,19-21H,5-6H2,1-4H3,(H,24,25)(H,17,22,23)/t9?,10-,11-,12-,14?,16?/m1/s1. The Kier molecular flexibility index (Phi) is 6.72. The van der Waals surface area contributed by atoms with Gasteiger partial charge in [-0.25, -0.2) is 4.79 Å². The van der Waals surface area contributed by atoms with Gasteiger partial charge in [0.05, 0.1) is 11.7 Å². The molecular weight excluding hydrogens is 395 g/mol. The normalized spacial score (nSPS) is 30.6. The molecule has 0 radical (unpaired) electrons. The minimum Gasteiger partial charge on any atom is -0.388 e. The van der Waals surface area contributed by atoms with Gasteiger partial charge < -0.3 is 29.5 Å². The van der Waals surface area contributed by atoms with Crippen molar-refractivity contribution in [2.24, 2.45) is 0 Å². The van der Waals surface area contributed by atoms with Crippen molar-refractivity contribution in [1.82, 2.24) is 9.55 Å². The lowest BCUT2D eigenvalue weighted by Crippen LogP contribution is -2.39. The second-order valence-corrected chi connectivity index (χ2v) is 9.38. The number of rotatable bonds is 7. The molecule has 1 saturated heterocycles. The highest BCUT2D eigenvalue weighted by Gasteiger charge is 2.48. The van der Waals surface area contributed by atoms with Crippen molar-refractivity contribution in [1.29, 1.82) is 0 Å². The third-order valence-electron chi connectivity index (χ3n) is 4.96. The molecule has 1 aliphatic rings. The summed E-state index contributed by atoms with van der Waals surface area (Å²) in [6.45, 7) is 5.81. The van der Waals surface area contributed by atoms with Crippen LogP contribution in [0.15, 0.2) is 15.8 Å². The Morgan fingerprint density at radius 3 is 2.54 bits per heavy atom. The summed E-state index contributed by atoms with van der Waals surface area (Å²) >= 11 is 0. The SMILES string of the molecule is CCC(C)(C[C@H]1OC(n2cc(C)c(=O)[nH]c2=O)[C@H](O)[C@@H]1O)OP(=O)(O)C(C)O. The van der Waals surface area contributed by atoms with Crippen molar-refractivity contribution in [3.63, 3.8) is 0 Å². The zero-order valence-electron chi connectivity index (χ0n) is 16.1. The van der Waals surface area contributed by atoms with Gasteiger partial charge in [0.2, 0.25) is 0 Å².